The van der Waals surface area contributed by atoms with Crippen LogP contribution in [0.1, 0.15) is 0 Å². The van der Waals surface area contributed by atoms with Crippen molar-refractivity contribution in [2.75, 3.05) is 0 Å². The van der Waals surface area contributed by atoms with Crippen LogP contribution < -0.4 is 24.8 Å². The Morgan fingerprint density at radius 1 is 0.750 bits per heavy atom. The molecule has 0 aromatic carbocycles. The van der Waals surface area contributed by atoms with Crippen molar-refractivity contribution in [2.24, 2.45) is 0 Å². The normalized spacial score (nSPS) is 0. The Morgan fingerprint density at radius 3 is 0.750 bits per heavy atom. The average Bonchev–Trinajstić information content (AvgIpc) is 0. The second-order valence-electron chi connectivity index (χ2n) is 0. The summed E-state index contributed by atoms with van der Waals surface area (Å²) in [5.74, 6) is 0. The van der Waals surface area contributed by atoms with Crippen LogP contribution in [0.25, 0.3) is 0 Å². The van der Waals surface area contributed by atoms with E-state index in [0.29, 0.717) is 0 Å². The standard InChI is InChI=1S/2ClH.2Pd/h2*1H;;/q;;;+2/p-2. The van der Waals surface area contributed by atoms with Gasteiger partial charge in [-0.2, -0.15) is 0 Å². The zero-order valence-electron chi connectivity index (χ0n) is 1.39. The summed E-state index contributed by atoms with van der Waals surface area (Å²) >= 11 is 0. The molecule has 0 saturated heterocycles. The third-order valence-electron chi connectivity index (χ3n) is 0. The van der Waals surface area contributed by atoms with E-state index >= 15 is 0 Å². The van der Waals surface area contributed by atoms with Crippen LogP contribution in [0, 0.1) is 0 Å². The molecule has 0 aromatic heterocycles. The first-order valence-corrected chi connectivity index (χ1v) is 0. The van der Waals surface area contributed by atoms with E-state index in [0.717, 1.165) is 0 Å². The second kappa shape index (κ2) is 20.6. The predicted octanol–water partition coefficient (Wildman–Crippen LogP) is -6.00. The van der Waals surface area contributed by atoms with Crippen molar-refractivity contribution in [3.8, 4) is 0 Å². The van der Waals surface area contributed by atoms with Crippen molar-refractivity contribution in [1.29, 1.82) is 0 Å². The van der Waals surface area contributed by atoms with Gasteiger partial charge in [0.25, 0.3) is 0 Å². The van der Waals surface area contributed by atoms with Crippen molar-refractivity contribution < 1.29 is 65.7 Å². The van der Waals surface area contributed by atoms with Crippen LogP contribution in [0.3, 0.4) is 0 Å². The molecule has 0 bridgehead atoms. The van der Waals surface area contributed by atoms with Crippen LogP contribution in [0.5, 0.6) is 0 Å². The maximum atomic E-state index is 0. The van der Waals surface area contributed by atoms with Gasteiger partial charge in [0.1, 0.15) is 0 Å². The van der Waals surface area contributed by atoms with Crippen molar-refractivity contribution >= 4 is 0 Å². The van der Waals surface area contributed by atoms with Gasteiger partial charge >= 0.3 is 20.4 Å². The van der Waals surface area contributed by atoms with Crippen molar-refractivity contribution in [3.05, 3.63) is 0 Å². The number of halogens is 2. The van der Waals surface area contributed by atoms with Crippen LogP contribution in [0.2, 0.25) is 0 Å². The van der Waals surface area contributed by atoms with E-state index in [2.05, 4.69) is 0 Å². The topological polar surface area (TPSA) is 0 Å². The molecule has 0 rings (SSSR count). The molecule has 0 aliphatic carbocycles. The SMILES string of the molecule is [Cl-].[Cl-].[Pd+2].[Pd]. The molecule has 0 amide bonds. The predicted molar refractivity (Wildman–Crippen MR) is 0 cm³/mol. The van der Waals surface area contributed by atoms with Crippen LogP contribution in [0.15, 0.2) is 0 Å². The molecule has 0 radical (unpaired) electrons. The van der Waals surface area contributed by atoms with E-state index in [1.807, 2.05) is 0 Å². The number of hydrogen-bond acceptors (Lipinski definition) is 0. The minimum Gasteiger partial charge on any atom is -1.00 e. The Hall–Kier alpha value is 1.90. The quantitative estimate of drug-likeness (QED) is 0.389. The molecule has 0 aliphatic heterocycles. The Labute approximate surface area is 65.2 Å². The fourth-order valence-corrected chi connectivity index (χ4v) is 0. The molecule has 0 unspecified atom stereocenters. The summed E-state index contributed by atoms with van der Waals surface area (Å²) in [6.07, 6.45) is 0. The molecule has 0 aromatic rings. The minimum atomic E-state index is 0. The van der Waals surface area contributed by atoms with Gasteiger partial charge in [-0.05, 0) is 0 Å². The van der Waals surface area contributed by atoms with Gasteiger partial charge < -0.3 is 24.8 Å². The molecule has 4 heteroatoms. The van der Waals surface area contributed by atoms with E-state index in [1.165, 1.54) is 0 Å². The van der Waals surface area contributed by atoms with Crippen molar-refractivity contribution in [3.63, 3.8) is 0 Å². The molecule has 0 aliphatic rings. The van der Waals surface area contributed by atoms with Crippen LogP contribution in [-0.4, -0.2) is 0 Å². The zero-order chi connectivity index (χ0) is 0. The van der Waals surface area contributed by atoms with E-state index in [-0.39, 0.29) is 65.7 Å². The first kappa shape index (κ1) is 39.2. The van der Waals surface area contributed by atoms with Crippen LogP contribution in [-0.2, 0) is 40.8 Å². The van der Waals surface area contributed by atoms with Gasteiger partial charge in [-0.15, -0.1) is 0 Å². The van der Waals surface area contributed by atoms with Gasteiger partial charge in [-0.1, -0.05) is 0 Å². The van der Waals surface area contributed by atoms with E-state index in [1.54, 1.807) is 0 Å². The van der Waals surface area contributed by atoms with Gasteiger partial charge in [0, 0.05) is 20.4 Å². The molecule has 34 valence electrons. The molecule has 0 atom stereocenters. The van der Waals surface area contributed by atoms with Gasteiger partial charge in [0.05, 0.1) is 0 Å². The summed E-state index contributed by atoms with van der Waals surface area (Å²) in [6, 6.07) is 0. The van der Waals surface area contributed by atoms with Crippen LogP contribution in [0.4, 0.5) is 0 Å². The maximum Gasteiger partial charge on any atom is 2.00 e. The first-order chi connectivity index (χ1) is 0. The van der Waals surface area contributed by atoms with Crippen molar-refractivity contribution in [2.45, 2.75) is 0 Å². The summed E-state index contributed by atoms with van der Waals surface area (Å²) in [6.45, 7) is 0. The molecule has 0 spiro atoms. The molecule has 0 fully saturated rings. The fourth-order valence-electron chi connectivity index (χ4n) is 0. The molecule has 0 heterocycles. The molecule has 0 nitrogen and oxygen atoms in total. The third-order valence-corrected chi connectivity index (χ3v) is 0. The van der Waals surface area contributed by atoms with E-state index < -0.39 is 0 Å². The summed E-state index contributed by atoms with van der Waals surface area (Å²) < 4.78 is 0. The Balaban J connectivity index is 0. The smallest absolute Gasteiger partial charge is 1.00 e. The van der Waals surface area contributed by atoms with Gasteiger partial charge in [0.2, 0.25) is 0 Å². The Morgan fingerprint density at radius 2 is 0.750 bits per heavy atom. The number of rotatable bonds is 0. The van der Waals surface area contributed by atoms with Crippen molar-refractivity contribution in [1.82, 2.24) is 0 Å². The van der Waals surface area contributed by atoms with Crippen LogP contribution >= 0.6 is 0 Å². The molecule has 4 heavy (non-hydrogen) atoms. The van der Waals surface area contributed by atoms with Gasteiger partial charge in [-0.3, -0.25) is 0 Å². The van der Waals surface area contributed by atoms with Gasteiger partial charge in [0.15, 0.2) is 0 Å². The monoisotopic (exact) mass is 282 g/mol. The second-order valence-corrected chi connectivity index (χ2v) is 0. The largest absolute Gasteiger partial charge is 2.00 e. The third kappa shape index (κ3) is 9.08. The molecule has 0 saturated carbocycles. The van der Waals surface area contributed by atoms with Gasteiger partial charge in [-0.25, -0.2) is 0 Å². The summed E-state index contributed by atoms with van der Waals surface area (Å²) in [5, 5.41) is 0. The summed E-state index contributed by atoms with van der Waals surface area (Å²) in [7, 11) is 0. The summed E-state index contributed by atoms with van der Waals surface area (Å²) in [4.78, 5) is 0. The average molecular weight is 284 g/mol. The first-order valence-electron chi connectivity index (χ1n) is 0. The number of hydrogen-bond donors (Lipinski definition) is 0. The molecular formula is Cl2Pd2. The van der Waals surface area contributed by atoms with E-state index in [9.17, 15) is 0 Å². The maximum absolute atomic E-state index is 0. The summed E-state index contributed by atoms with van der Waals surface area (Å²) in [5.41, 5.74) is 0. The fraction of sp³-hybridized carbons (Fsp3) is 0. The van der Waals surface area contributed by atoms with E-state index in [4.69, 9.17) is 0 Å². The molecule has 0 N–H and O–H groups in total. The Kier molecular flexibility index (Phi) is 202. The minimum absolute atomic E-state index is 0. The Bertz CT molecular complexity index is 4.00. The molecular weight excluding hydrogens is 284 g/mol. The zero-order valence-corrected chi connectivity index (χ0v) is 6.01.